The molecule has 2 heterocycles. The molecule has 6 nitrogen and oxygen atoms in total. The first-order chi connectivity index (χ1) is 12.5. The fourth-order valence-corrected chi connectivity index (χ4v) is 3.25. The Morgan fingerprint density at radius 1 is 1.23 bits per heavy atom. The number of rotatable bonds is 4. The molecule has 1 aromatic heterocycles. The summed E-state index contributed by atoms with van der Waals surface area (Å²) in [7, 11) is 0. The number of aromatic hydroxyl groups is 1. The highest BCUT2D eigenvalue weighted by molar-refractivity contribution is 6.46. The third-order valence-electron chi connectivity index (χ3n) is 4.25. The molecule has 3 rings (SSSR count). The number of aliphatic hydroxyl groups is 1. The van der Waals surface area contributed by atoms with Gasteiger partial charge in [-0.3, -0.25) is 14.6 Å². The number of benzene rings is 1. The molecule has 1 unspecified atom stereocenters. The van der Waals surface area contributed by atoms with E-state index in [2.05, 4.69) is 4.98 Å². The van der Waals surface area contributed by atoms with Crippen molar-refractivity contribution < 1.29 is 19.8 Å². The summed E-state index contributed by atoms with van der Waals surface area (Å²) in [5.41, 5.74) is 0.928. The van der Waals surface area contributed by atoms with Crippen LogP contribution in [0.25, 0.3) is 5.76 Å². The van der Waals surface area contributed by atoms with Crippen LogP contribution in [0.1, 0.15) is 30.5 Å². The second-order valence-electron chi connectivity index (χ2n) is 5.94. The van der Waals surface area contributed by atoms with Gasteiger partial charge in [0.15, 0.2) is 0 Å². The number of amides is 1. The molecule has 0 spiro atoms. The molecule has 0 radical (unpaired) electrons. The Morgan fingerprint density at radius 3 is 2.54 bits per heavy atom. The van der Waals surface area contributed by atoms with Crippen LogP contribution in [0, 0.1) is 0 Å². The molecular formula is C19H17ClN2O4. The van der Waals surface area contributed by atoms with Crippen molar-refractivity contribution in [2.45, 2.75) is 19.4 Å². The standard InChI is InChI=1S/C19H17ClN2O4/c1-2-9-22-16(12-3-4-14(23)13(20)10-12)15(18(25)19(22)26)17(24)11-5-7-21-8-6-11/h3-8,10,16,23-24H,2,9H2,1H3/b17-15-. The van der Waals surface area contributed by atoms with Gasteiger partial charge in [0.1, 0.15) is 11.5 Å². The number of halogens is 1. The van der Waals surface area contributed by atoms with Crippen LogP contribution in [-0.4, -0.2) is 38.3 Å². The van der Waals surface area contributed by atoms with Gasteiger partial charge in [0.2, 0.25) is 0 Å². The monoisotopic (exact) mass is 372 g/mol. The van der Waals surface area contributed by atoms with E-state index in [1.54, 1.807) is 18.2 Å². The van der Waals surface area contributed by atoms with Crippen LogP contribution in [0.5, 0.6) is 5.75 Å². The predicted molar refractivity (Wildman–Crippen MR) is 96.7 cm³/mol. The van der Waals surface area contributed by atoms with Gasteiger partial charge < -0.3 is 15.1 Å². The van der Waals surface area contributed by atoms with Gasteiger partial charge in [-0.2, -0.15) is 0 Å². The highest BCUT2D eigenvalue weighted by Gasteiger charge is 2.45. The predicted octanol–water partition coefficient (Wildman–Crippen LogP) is 3.27. The van der Waals surface area contributed by atoms with Crippen molar-refractivity contribution >= 4 is 29.1 Å². The first kappa shape index (κ1) is 17.9. The quantitative estimate of drug-likeness (QED) is 0.488. The molecule has 0 bridgehead atoms. The molecular weight excluding hydrogens is 356 g/mol. The Kier molecular flexibility index (Phi) is 4.95. The van der Waals surface area contributed by atoms with Crippen LogP contribution in [0.3, 0.4) is 0 Å². The zero-order chi connectivity index (χ0) is 18.8. The van der Waals surface area contributed by atoms with E-state index in [1.165, 1.54) is 29.4 Å². The largest absolute Gasteiger partial charge is 0.507 e. The lowest BCUT2D eigenvalue weighted by molar-refractivity contribution is -0.139. The number of carbonyl (C=O) groups is 2. The molecule has 2 aromatic rings. The van der Waals surface area contributed by atoms with Gasteiger partial charge in [-0.25, -0.2) is 0 Å². The summed E-state index contributed by atoms with van der Waals surface area (Å²) in [5.74, 6) is -1.78. The number of pyridine rings is 1. The average molecular weight is 373 g/mol. The summed E-state index contributed by atoms with van der Waals surface area (Å²) in [5, 5.41) is 20.5. The lowest BCUT2D eigenvalue weighted by Gasteiger charge is -2.25. The number of hydrogen-bond acceptors (Lipinski definition) is 5. The fraction of sp³-hybridized carbons (Fsp3) is 0.211. The van der Waals surface area contributed by atoms with Crippen molar-refractivity contribution in [2.75, 3.05) is 6.54 Å². The third kappa shape index (κ3) is 3.04. The van der Waals surface area contributed by atoms with Crippen LogP contribution >= 0.6 is 11.6 Å². The molecule has 26 heavy (non-hydrogen) atoms. The van der Waals surface area contributed by atoms with Crippen molar-refractivity contribution in [1.29, 1.82) is 0 Å². The van der Waals surface area contributed by atoms with Gasteiger partial charge >= 0.3 is 0 Å². The molecule has 2 N–H and O–H groups in total. The molecule has 0 aliphatic carbocycles. The van der Waals surface area contributed by atoms with Crippen LogP contribution < -0.4 is 0 Å². The highest BCUT2D eigenvalue weighted by atomic mass is 35.5. The summed E-state index contributed by atoms with van der Waals surface area (Å²) in [6, 6.07) is 6.82. The number of phenols is 1. The molecule has 1 atom stereocenters. The Morgan fingerprint density at radius 2 is 1.92 bits per heavy atom. The van der Waals surface area contributed by atoms with E-state index in [0.717, 1.165) is 0 Å². The minimum absolute atomic E-state index is 0.00333. The summed E-state index contributed by atoms with van der Waals surface area (Å²) >= 11 is 6.01. The summed E-state index contributed by atoms with van der Waals surface area (Å²) in [4.78, 5) is 30.5. The number of ketones is 1. The molecule has 134 valence electrons. The van der Waals surface area contributed by atoms with E-state index >= 15 is 0 Å². The van der Waals surface area contributed by atoms with Gasteiger partial charge in [0.05, 0.1) is 16.6 Å². The Bertz CT molecular complexity index is 896. The summed E-state index contributed by atoms with van der Waals surface area (Å²) in [6.45, 7) is 2.24. The van der Waals surface area contributed by atoms with Gasteiger partial charge in [-0.05, 0) is 36.2 Å². The number of aromatic nitrogens is 1. The number of Topliss-reactive ketones (excluding diaryl/α,β-unsaturated/α-hetero) is 1. The maximum Gasteiger partial charge on any atom is 0.295 e. The Hall–Kier alpha value is -2.86. The van der Waals surface area contributed by atoms with E-state index in [1.807, 2.05) is 6.92 Å². The maximum atomic E-state index is 12.6. The number of phenolic OH excluding ortho intramolecular Hbond substituents is 1. The van der Waals surface area contributed by atoms with E-state index < -0.39 is 17.7 Å². The molecule has 1 aliphatic heterocycles. The number of hydrogen-bond donors (Lipinski definition) is 2. The normalized spacial score (nSPS) is 19.2. The number of nitrogens with zero attached hydrogens (tertiary/aromatic N) is 2. The van der Waals surface area contributed by atoms with Gasteiger partial charge in [-0.1, -0.05) is 24.6 Å². The van der Waals surface area contributed by atoms with Crippen molar-refractivity contribution in [3.8, 4) is 5.75 Å². The average Bonchev–Trinajstić information content (AvgIpc) is 2.89. The lowest BCUT2D eigenvalue weighted by Crippen LogP contribution is -2.30. The lowest BCUT2D eigenvalue weighted by atomic mass is 9.95. The molecule has 1 aromatic carbocycles. The van der Waals surface area contributed by atoms with Crippen molar-refractivity contribution in [2.24, 2.45) is 0 Å². The molecule has 0 saturated carbocycles. The van der Waals surface area contributed by atoms with Crippen LogP contribution in [0.4, 0.5) is 0 Å². The molecule has 7 heteroatoms. The second-order valence-corrected chi connectivity index (χ2v) is 6.35. The molecule has 1 amide bonds. The molecule has 1 aliphatic rings. The van der Waals surface area contributed by atoms with Crippen molar-refractivity contribution in [3.63, 3.8) is 0 Å². The number of likely N-dealkylation sites (tertiary alicyclic amines) is 1. The highest BCUT2D eigenvalue weighted by Crippen LogP contribution is 2.41. The fourth-order valence-electron chi connectivity index (χ4n) is 3.06. The van der Waals surface area contributed by atoms with Crippen LogP contribution in [-0.2, 0) is 9.59 Å². The van der Waals surface area contributed by atoms with Gasteiger partial charge in [0.25, 0.3) is 11.7 Å². The van der Waals surface area contributed by atoms with E-state index in [0.29, 0.717) is 24.1 Å². The number of carbonyl (C=O) groups excluding carboxylic acids is 2. The van der Waals surface area contributed by atoms with E-state index in [9.17, 15) is 19.8 Å². The first-order valence-electron chi connectivity index (χ1n) is 8.13. The molecule has 1 fully saturated rings. The van der Waals surface area contributed by atoms with Crippen molar-refractivity contribution in [3.05, 3.63) is 64.4 Å². The van der Waals surface area contributed by atoms with E-state index in [4.69, 9.17) is 11.6 Å². The summed E-state index contributed by atoms with van der Waals surface area (Å²) < 4.78 is 0. The number of aliphatic hydroxyl groups excluding tert-OH is 1. The first-order valence-corrected chi connectivity index (χ1v) is 8.50. The van der Waals surface area contributed by atoms with Gasteiger partial charge in [-0.15, -0.1) is 0 Å². The zero-order valence-electron chi connectivity index (χ0n) is 14.0. The summed E-state index contributed by atoms with van der Waals surface area (Å²) in [6.07, 6.45) is 3.62. The second kappa shape index (κ2) is 7.17. The maximum absolute atomic E-state index is 12.6. The Labute approximate surface area is 155 Å². The smallest absolute Gasteiger partial charge is 0.295 e. The van der Waals surface area contributed by atoms with Crippen LogP contribution in [0.15, 0.2) is 48.3 Å². The minimum Gasteiger partial charge on any atom is -0.507 e. The molecule has 1 saturated heterocycles. The topological polar surface area (TPSA) is 90.7 Å². The van der Waals surface area contributed by atoms with E-state index in [-0.39, 0.29) is 22.1 Å². The SMILES string of the molecule is CCCN1C(=O)C(=O)/C(=C(\O)c2ccncc2)C1c1ccc(O)c(Cl)c1. The third-order valence-corrected chi connectivity index (χ3v) is 4.55. The Balaban J connectivity index is 2.21. The minimum atomic E-state index is -0.777. The van der Waals surface area contributed by atoms with Crippen LogP contribution in [0.2, 0.25) is 5.02 Å². The van der Waals surface area contributed by atoms with Crippen molar-refractivity contribution in [1.82, 2.24) is 9.88 Å². The zero-order valence-corrected chi connectivity index (χ0v) is 14.8. The van der Waals surface area contributed by atoms with Gasteiger partial charge in [0, 0.05) is 24.5 Å².